The molecule has 3 aromatic rings. The van der Waals surface area contributed by atoms with Crippen LogP contribution in [-0.4, -0.2) is 43.9 Å². The Hall–Kier alpha value is -3.93. The summed E-state index contributed by atoms with van der Waals surface area (Å²) in [5, 5.41) is 30.2. The standard InChI is InChI=1S/C25H21ClN4O5S/c1-30(8-9-31)36(33,34)22-5-3-20(4-6-22)29-25(32)14-17-2-7-23(26)24(13-17)35-21-11-18(15-27)10-19(12-21)16-28/h2-7,10-13,31H,8-9,14H2,1H3,(H,29,32). The number of aliphatic hydroxyl groups excluding tert-OH is 1. The number of sulfonamides is 1. The predicted molar refractivity (Wildman–Crippen MR) is 133 cm³/mol. The van der Waals surface area contributed by atoms with E-state index in [1.54, 1.807) is 18.2 Å². The molecule has 11 heteroatoms. The fourth-order valence-electron chi connectivity index (χ4n) is 3.19. The molecule has 36 heavy (non-hydrogen) atoms. The lowest BCUT2D eigenvalue weighted by atomic mass is 10.1. The molecule has 9 nitrogen and oxygen atoms in total. The number of halogens is 1. The van der Waals surface area contributed by atoms with E-state index < -0.39 is 10.0 Å². The van der Waals surface area contributed by atoms with Gasteiger partial charge >= 0.3 is 0 Å². The Kier molecular flexibility index (Phi) is 8.64. The molecule has 1 amide bonds. The van der Waals surface area contributed by atoms with E-state index in [4.69, 9.17) is 32.0 Å². The largest absolute Gasteiger partial charge is 0.456 e. The lowest BCUT2D eigenvalue weighted by molar-refractivity contribution is -0.115. The number of benzene rings is 3. The first-order valence-corrected chi connectivity index (χ1v) is 12.4. The second-order valence-corrected chi connectivity index (χ2v) is 10.1. The fourth-order valence-corrected chi connectivity index (χ4v) is 4.51. The van der Waals surface area contributed by atoms with Crippen molar-refractivity contribution >= 4 is 33.2 Å². The Morgan fingerprint density at radius 2 is 1.69 bits per heavy atom. The molecule has 0 atom stereocenters. The molecule has 184 valence electrons. The molecule has 0 saturated carbocycles. The SMILES string of the molecule is CN(CCO)S(=O)(=O)c1ccc(NC(=O)Cc2ccc(Cl)c(Oc3cc(C#N)cc(C#N)c3)c2)cc1. The first kappa shape index (κ1) is 26.7. The van der Waals surface area contributed by atoms with Crippen molar-refractivity contribution in [2.24, 2.45) is 0 Å². The average molecular weight is 525 g/mol. The lowest BCUT2D eigenvalue weighted by Crippen LogP contribution is -2.29. The van der Waals surface area contributed by atoms with Gasteiger partial charge in [-0.25, -0.2) is 8.42 Å². The zero-order valence-electron chi connectivity index (χ0n) is 19.1. The maximum Gasteiger partial charge on any atom is 0.242 e. The van der Waals surface area contributed by atoms with Crippen molar-refractivity contribution in [3.05, 3.63) is 82.4 Å². The number of ether oxygens (including phenoxy) is 1. The van der Waals surface area contributed by atoms with Crippen molar-refractivity contribution in [2.45, 2.75) is 11.3 Å². The number of anilines is 1. The summed E-state index contributed by atoms with van der Waals surface area (Å²) < 4.78 is 31.7. The third-order valence-corrected chi connectivity index (χ3v) is 7.20. The van der Waals surface area contributed by atoms with Gasteiger partial charge in [0.2, 0.25) is 15.9 Å². The molecule has 3 aromatic carbocycles. The first-order valence-electron chi connectivity index (χ1n) is 10.5. The first-order chi connectivity index (χ1) is 17.2. The molecule has 0 spiro atoms. The van der Waals surface area contributed by atoms with Crippen LogP contribution in [0, 0.1) is 22.7 Å². The summed E-state index contributed by atoms with van der Waals surface area (Å²) in [5.41, 5.74) is 1.52. The second kappa shape index (κ2) is 11.7. The number of nitrogens with one attached hydrogen (secondary N) is 1. The molecular formula is C25H21ClN4O5S. The molecule has 0 radical (unpaired) electrons. The summed E-state index contributed by atoms with van der Waals surface area (Å²) in [6, 6.07) is 18.8. The Morgan fingerprint density at radius 3 is 2.28 bits per heavy atom. The number of hydrogen-bond acceptors (Lipinski definition) is 7. The topological polar surface area (TPSA) is 144 Å². The third-order valence-electron chi connectivity index (χ3n) is 5.01. The van der Waals surface area contributed by atoms with Crippen LogP contribution in [-0.2, 0) is 21.2 Å². The number of hydrogen-bond donors (Lipinski definition) is 2. The van der Waals surface area contributed by atoms with E-state index in [0.29, 0.717) is 11.3 Å². The molecule has 0 bridgehead atoms. The van der Waals surface area contributed by atoms with Gasteiger partial charge in [0.15, 0.2) is 0 Å². The number of nitrogens with zero attached hydrogens (tertiary/aromatic N) is 3. The fraction of sp³-hybridized carbons (Fsp3) is 0.160. The van der Waals surface area contributed by atoms with Crippen LogP contribution < -0.4 is 10.1 Å². The third kappa shape index (κ3) is 6.60. The Labute approximate surface area is 213 Å². The van der Waals surface area contributed by atoms with Gasteiger partial charge in [0, 0.05) is 19.3 Å². The molecule has 0 aromatic heterocycles. The summed E-state index contributed by atoms with van der Waals surface area (Å²) in [6.07, 6.45) is -0.0193. The van der Waals surface area contributed by atoms with Gasteiger partial charge < -0.3 is 15.2 Å². The van der Waals surface area contributed by atoms with Crippen LogP contribution in [0.2, 0.25) is 5.02 Å². The minimum Gasteiger partial charge on any atom is -0.456 e. The maximum atomic E-state index is 12.6. The summed E-state index contributed by atoms with van der Waals surface area (Å²) >= 11 is 6.23. The summed E-state index contributed by atoms with van der Waals surface area (Å²) in [7, 11) is -2.37. The van der Waals surface area contributed by atoms with Gasteiger partial charge in [-0.05, 0) is 60.2 Å². The molecule has 0 aliphatic carbocycles. The van der Waals surface area contributed by atoms with E-state index in [-0.39, 0.29) is 58.0 Å². The lowest BCUT2D eigenvalue weighted by Gasteiger charge is -2.16. The smallest absolute Gasteiger partial charge is 0.242 e. The molecule has 3 rings (SSSR count). The maximum absolute atomic E-state index is 12.6. The van der Waals surface area contributed by atoms with Crippen LogP contribution in [0.3, 0.4) is 0 Å². The van der Waals surface area contributed by atoms with Gasteiger partial charge in [0.05, 0.1) is 46.2 Å². The van der Waals surface area contributed by atoms with Gasteiger partial charge in [-0.1, -0.05) is 17.7 Å². The zero-order chi connectivity index (χ0) is 26.3. The minimum absolute atomic E-state index is 0.0193. The van der Waals surface area contributed by atoms with Crippen molar-refractivity contribution < 1.29 is 23.1 Å². The highest BCUT2D eigenvalue weighted by Crippen LogP contribution is 2.31. The molecule has 0 saturated heterocycles. The Bertz CT molecular complexity index is 1430. The van der Waals surface area contributed by atoms with E-state index in [1.807, 2.05) is 12.1 Å². The van der Waals surface area contributed by atoms with Gasteiger partial charge in [-0.3, -0.25) is 4.79 Å². The van der Waals surface area contributed by atoms with Crippen LogP contribution in [0.4, 0.5) is 5.69 Å². The number of nitriles is 2. The molecule has 0 heterocycles. The average Bonchev–Trinajstić information content (AvgIpc) is 2.86. The van der Waals surface area contributed by atoms with Crippen molar-refractivity contribution in [3.63, 3.8) is 0 Å². The highest BCUT2D eigenvalue weighted by Gasteiger charge is 2.20. The van der Waals surface area contributed by atoms with Crippen molar-refractivity contribution in [1.29, 1.82) is 10.5 Å². The quantitative estimate of drug-likeness (QED) is 0.434. The molecule has 2 N–H and O–H groups in total. The second-order valence-electron chi connectivity index (χ2n) is 7.64. The highest BCUT2D eigenvalue weighted by atomic mass is 35.5. The Balaban J connectivity index is 1.70. The summed E-state index contributed by atoms with van der Waals surface area (Å²) in [5.74, 6) is 0.158. The van der Waals surface area contributed by atoms with E-state index in [2.05, 4.69) is 5.32 Å². The molecule has 0 fully saturated rings. The summed E-state index contributed by atoms with van der Waals surface area (Å²) in [6.45, 7) is -0.328. The number of likely N-dealkylation sites (N-methyl/N-ethyl adjacent to an activating group) is 1. The highest BCUT2D eigenvalue weighted by molar-refractivity contribution is 7.89. The van der Waals surface area contributed by atoms with Crippen molar-refractivity contribution in [2.75, 3.05) is 25.5 Å². The number of carbonyl (C=O) groups excluding carboxylic acids is 1. The number of carbonyl (C=O) groups is 1. The van der Waals surface area contributed by atoms with Gasteiger partial charge in [0.1, 0.15) is 11.5 Å². The van der Waals surface area contributed by atoms with Gasteiger partial charge in [0.25, 0.3) is 0 Å². The van der Waals surface area contributed by atoms with Gasteiger partial charge in [-0.15, -0.1) is 0 Å². The van der Waals surface area contributed by atoms with E-state index >= 15 is 0 Å². The monoisotopic (exact) mass is 524 g/mol. The molecule has 0 unspecified atom stereocenters. The number of aliphatic hydroxyl groups is 1. The predicted octanol–water partition coefficient (Wildman–Crippen LogP) is 3.67. The van der Waals surface area contributed by atoms with Crippen LogP contribution in [0.15, 0.2) is 65.6 Å². The zero-order valence-corrected chi connectivity index (χ0v) is 20.7. The van der Waals surface area contributed by atoms with Crippen molar-refractivity contribution in [3.8, 4) is 23.6 Å². The van der Waals surface area contributed by atoms with Crippen LogP contribution in [0.5, 0.6) is 11.5 Å². The molecular weight excluding hydrogens is 504 g/mol. The van der Waals surface area contributed by atoms with Gasteiger partial charge in [-0.2, -0.15) is 14.8 Å². The van der Waals surface area contributed by atoms with E-state index in [0.717, 1.165) is 4.31 Å². The van der Waals surface area contributed by atoms with Crippen LogP contribution in [0.1, 0.15) is 16.7 Å². The molecule has 0 aliphatic heterocycles. The van der Waals surface area contributed by atoms with E-state index in [9.17, 15) is 13.2 Å². The number of rotatable bonds is 9. The molecule has 0 aliphatic rings. The summed E-state index contributed by atoms with van der Waals surface area (Å²) in [4.78, 5) is 12.6. The van der Waals surface area contributed by atoms with Crippen molar-refractivity contribution in [1.82, 2.24) is 4.31 Å². The van der Waals surface area contributed by atoms with Crippen LogP contribution >= 0.6 is 11.6 Å². The normalized spacial score (nSPS) is 10.9. The van der Waals surface area contributed by atoms with E-state index in [1.165, 1.54) is 49.5 Å². The minimum atomic E-state index is -3.74. The Morgan fingerprint density at radius 1 is 1.06 bits per heavy atom. The van der Waals surface area contributed by atoms with Crippen LogP contribution in [0.25, 0.3) is 0 Å². The number of amides is 1.